The van der Waals surface area contributed by atoms with E-state index in [0.717, 1.165) is 45.0 Å². The van der Waals surface area contributed by atoms with Crippen molar-refractivity contribution in [1.29, 1.82) is 0 Å². The van der Waals surface area contributed by atoms with Crippen molar-refractivity contribution in [1.82, 2.24) is 5.32 Å². The molecule has 0 aliphatic carbocycles. The Labute approximate surface area is 149 Å². The molecule has 1 aromatic rings. The van der Waals surface area contributed by atoms with E-state index in [4.69, 9.17) is 4.74 Å². The van der Waals surface area contributed by atoms with Gasteiger partial charge < -0.3 is 15.4 Å². The van der Waals surface area contributed by atoms with Gasteiger partial charge in [-0.05, 0) is 69.9 Å². The fourth-order valence-electron chi connectivity index (χ4n) is 2.53. The van der Waals surface area contributed by atoms with E-state index in [1.807, 2.05) is 12.1 Å². The van der Waals surface area contributed by atoms with Crippen molar-refractivity contribution in [2.75, 3.05) is 32.1 Å². The van der Waals surface area contributed by atoms with Crippen molar-refractivity contribution >= 4 is 59.4 Å². The summed E-state index contributed by atoms with van der Waals surface area (Å²) >= 11 is 10.4. The third-order valence-corrected chi connectivity index (χ3v) is 5.42. The van der Waals surface area contributed by atoms with Crippen LogP contribution in [0, 0.1) is 5.41 Å². The number of amides is 1. The molecule has 0 aromatic heterocycles. The number of methoxy groups -OCH3 is 1. The number of benzene rings is 1. The van der Waals surface area contributed by atoms with E-state index in [1.165, 1.54) is 0 Å². The Morgan fingerprint density at radius 3 is 2.38 bits per heavy atom. The minimum Gasteiger partial charge on any atom is -0.384 e. The molecule has 0 spiro atoms. The Morgan fingerprint density at radius 1 is 1.29 bits per heavy atom. The minimum absolute atomic E-state index is 0.00886. The van der Waals surface area contributed by atoms with Gasteiger partial charge in [0.1, 0.15) is 0 Å². The fraction of sp³-hybridized carbons (Fsp3) is 0.500. The molecule has 2 rings (SSSR count). The maximum absolute atomic E-state index is 12.8. The first kappa shape index (κ1) is 17.4. The molecular formula is C14H17Br3N2O2. The Bertz CT molecular complexity index is 502. The zero-order valence-corrected chi connectivity index (χ0v) is 16.4. The largest absolute Gasteiger partial charge is 0.384 e. The average molecular weight is 485 g/mol. The number of halogens is 3. The topological polar surface area (TPSA) is 50.4 Å². The lowest BCUT2D eigenvalue weighted by Crippen LogP contribution is -2.47. The number of carbonyl (C=O) groups excluding carboxylic acids is 1. The monoisotopic (exact) mass is 482 g/mol. The van der Waals surface area contributed by atoms with Gasteiger partial charge in [0, 0.05) is 20.5 Å². The number of carbonyl (C=O) groups is 1. The molecule has 1 fully saturated rings. The van der Waals surface area contributed by atoms with Crippen molar-refractivity contribution in [3.63, 3.8) is 0 Å². The molecule has 7 heteroatoms. The lowest BCUT2D eigenvalue weighted by molar-refractivity contribution is -0.130. The van der Waals surface area contributed by atoms with Crippen LogP contribution in [0.15, 0.2) is 25.6 Å². The van der Waals surface area contributed by atoms with Crippen LogP contribution in [0.1, 0.15) is 12.8 Å². The van der Waals surface area contributed by atoms with Gasteiger partial charge in [0.2, 0.25) is 5.91 Å². The van der Waals surface area contributed by atoms with E-state index in [2.05, 4.69) is 58.4 Å². The first-order valence-corrected chi connectivity index (χ1v) is 9.02. The predicted molar refractivity (Wildman–Crippen MR) is 94.6 cm³/mol. The minimum atomic E-state index is -0.466. The maximum Gasteiger partial charge on any atom is 0.233 e. The summed E-state index contributed by atoms with van der Waals surface area (Å²) in [4.78, 5) is 12.8. The number of ether oxygens (including phenoxy) is 1. The van der Waals surface area contributed by atoms with Crippen LogP contribution in [0.2, 0.25) is 0 Å². The van der Waals surface area contributed by atoms with Crippen LogP contribution < -0.4 is 10.6 Å². The molecule has 4 nitrogen and oxygen atoms in total. The fourth-order valence-corrected chi connectivity index (χ4v) is 4.98. The molecule has 21 heavy (non-hydrogen) atoms. The Morgan fingerprint density at radius 2 is 1.86 bits per heavy atom. The van der Waals surface area contributed by atoms with E-state index < -0.39 is 5.41 Å². The van der Waals surface area contributed by atoms with E-state index in [1.54, 1.807) is 7.11 Å². The maximum atomic E-state index is 12.8. The second kappa shape index (κ2) is 7.55. The van der Waals surface area contributed by atoms with Crippen LogP contribution in [0.3, 0.4) is 0 Å². The third kappa shape index (κ3) is 4.07. The molecule has 0 bridgehead atoms. The lowest BCUT2D eigenvalue weighted by Gasteiger charge is -2.35. The van der Waals surface area contributed by atoms with Crippen LogP contribution in [0.5, 0.6) is 0 Å². The Balaban J connectivity index is 2.23. The summed E-state index contributed by atoms with van der Waals surface area (Å²) < 4.78 is 7.91. The van der Waals surface area contributed by atoms with Crippen molar-refractivity contribution in [2.45, 2.75) is 12.8 Å². The standard InChI is InChI=1S/C14H17Br3N2O2/c1-21-8-14(2-4-18-5-3-14)13(20)19-12-10(16)6-9(15)7-11(12)17/h6-7,18H,2-5,8H2,1H3,(H,19,20). The molecule has 116 valence electrons. The van der Waals surface area contributed by atoms with Crippen LogP contribution in [-0.2, 0) is 9.53 Å². The smallest absolute Gasteiger partial charge is 0.233 e. The lowest BCUT2D eigenvalue weighted by atomic mass is 9.78. The summed E-state index contributed by atoms with van der Waals surface area (Å²) in [5, 5.41) is 6.33. The van der Waals surface area contributed by atoms with Crippen molar-refractivity contribution in [3.05, 3.63) is 25.6 Å². The molecule has 0 atom stereocenters. The van der Waals surface area contributed by atoms with Crippen LogP contribution in [0.25, 0.3) is 0 Å². The number of nitrogens with one attached hydrogen (secondary N) is 2. The number of rotatable bonds is 4. The molecule has 1 heterocycles. The SMILES string of the molecule is COCC1(C(=O)Nc2c(Br)cc(Br)cc2Br)CCNCC1. The van der Waals surface area contributed by atoms with Crippen LogP contribution in [0.4, 0.5) is 5.69 Å². The molecule has 0 unspecified atom stereocenters. The average Bonchev–Trinajstić information content (AvgIpc) is 2.44. The van der Waals surface area contributed by atoms with Gasteiger partial charge in [0.05, 0.1) is 17.7 Å². The van der Waals surface area contributed by atoms with E-state index in [-0.39, 0.29) is 5.91 Å². The van der Waals surface area contributed by atoms with Gasteiger partial charge in [-0.3, -0.25) is 4.79 Å². The highest BCUT2D eigenvalue weighted by atomic mass is 79.9. The zero-order chi connectivity index (χ0) is 15.5. The molecular weight excluding hydrogens is 468 g/mol. The first-order valence-electron chi connectivity index (χ1n) is 6.64. The summed E-state index contributed by atoms with van der Waals surface area (Å²) in [7, 11) is 1.64. The number of anilines is 1. The second-order valence-corrected chi connectivity index (χ2v) is 7.79. The molecule has 1 aliphatic heterocycles. The quantitative estimate of drug-likeness (QED) is 0.681. The number of hydrogen-bond donors (Lipinski definition) is 2. The van der Waals surface area contributed by atoms with E-state index in [9.17, 15) is 4.79 Å². The number of hydrogen-bond acceptors (Lipinski definition) is 3. The summed E-state index contributed by atoms with van der Waals surface area (Å²) in [5.41, 5.74) is 0.281. The van der Waals surface area contributed by atoms with Gasteiger partial charge >= 0.3 is 0 Å². The van der Waals surface area contributed by atoms with Crippen molar-refractivity contribution in [3.8, 4) is 0 Å². The van der Waals surface area contributed by atoms with Gasteiger partial charge in [0.15, 0.2) is 0 Å². The molecule has 1 aromatic carbocycles. The van der Waals surface area contributed by atoms with Gasteiger partial charge in [-0.1, -0.05) is 15.9 Å². The van der Waals surface area contributed by atoms with Gasteiger partial charge in [-0.15, -0.1) is 0 Å². The van der Waals surface area contributed by atoms with Crippen molar-refractivity contribution in [2.24, 2.45) is 5.41 Å². The third-order valence-electron chi connectivity index (χ3n) is 3.71. The van der Waals surface area contributed by atoms with Crippen molar-refractivity contribution < 1.29 is 9.53 Å². The highest BCUT2D eigenvalue weighted by Crippen LogP contribution is 2.37. The van der Waals surface area contributed by atoms with Crippen LogP contribution in [-0.4, -0.2) is 32.7 Å². The Hall–Kier alpha value is 0.0500. The molecule has 0 saturated carbocycles. The molecule has 1 amide bonds. The van der Waals surface area contributed by atoms with E-state index in [0.29, 0.717) is 6.61 Å². The summed E-state index contributed by atoms with van der Waals surface area (Å²) in [6.07, 6.45) is 1.55. The zero-order valence-electron chi connectivity index (χ0n) is 11.6. The van der Waals surface area contributed by atoms with Gasteiger partial charge in [-0.2, -0.15) is 0 Å². The molecule has 1 aliphatic rings. The second-order valence-electron chi connectivity index (χ2n) is 5.16. The Kier molecular flexibility index (Phi) is 6.25. The highest BCUT2D eigenvalue weighted by Gasteiger charge is 2.40. The molecule has 2 N–H and O–H groups in total. The highest BCUT2D eigenvalue weighted by molar-refractivity contribution is 9.11. The van der Waals surface area contributed by atoms with Gasteiger partial charge in [-0.25, -0.2) is 0 Å². The van der Waals surface area contributed by atoms with E-state index >= 15 is 0 Å². The predicted octanol–water partition coefficient (Wildman–Crippen LogP) is 3.93. The van der Waals surface area contributed by atoms with Gasteiger partial charge in [0.25, 0.3) is 0 Å². The number of piperidine rings is 1. The first-order chi connectivity index (χ1) is 9.98. The van der Waals surface area contributed by atoms with Crippen LogP contribution >= 0.6 is 47.8 Å². The molecule has 0 radical (unpaired) electrons. The summed E-state index contributed by atoms with van der Waals surface area (Å²) in [6, 6.07) is 3.82. The molecule has 1 saturated heterocycles. The summed E-state index contributed by atoms with van der Waals surface area (Å²) in [5.74, 6) is 0.00886. The normalized spacial score (nSPS) is 17.5. The summed E-state index contributed by atoms with van der Waals surface area (Å²) in [6.45, 7) is 2.10.